The summed E-state index contributed by atoms with van der Waals surface area (Å²) < 4.78 is 7.29. The smallest absolute Gasteiger partial charge is 0.133 e. The Labute approximate surface area is 145 Å². The van der Waals surface area contributed by atoms with E-state index in [1.54, 1.807) is 7.11 Å². The second-order valence-electron chi connectivity index (χ2n) is 4.45. The lowest BCUT2D eigenvalue weighted by atomic mass is 10.00. The molecule has 2 aromatic carbocycles. The Morgan fingerprint density at radius 3 is 2.70 bits per heavy atom. The van der Waals surface area contributed by atoms with Gasteiger partial charge >= 0.3 is 0 Å². The zero-order valence-electron chi connectivity index (χ0n) is 10.9. The van der Waals surface area contributed by atoms with E-state index in [1.165, 1.54) is 0 Å². The second-order valence-corrected chi connectivity index (χ2v) is 6.90. The van der Waals surface area contributed by atoms with E-state index in [0.717, 1.165) is 31.3 Å². The van der Waals surface area contributed by atoms with Gasteiger partial charge in [0.15, 0.2) is 0 Å². The van der Waals surface area contributed by atoms with E-state index in [9.17, 15) is 0 Å². The Morgan fingerprint density at radius 2 is 2.05 bits per heavy atom. The molecule has 2 rings (SSSR count). The van der Waals surface area contributed by atoms with Gasteiger partial charge in [0, 0.05) is 14.6 Å². The lowest BCUT2D eigenvalue weighted by molar-refractivity contribution is 0.412. The zero-order valence-corrected chi connectivity index (χ0v) is 15.4. The van der Waals surface area contributed by atoms with E-state index >= 15 is 0 Å². The minimum Gasteiger partial charge on any atom is -0.496 e. The monoisotopic (exact) mass is 465 g/mol. The minimum absolute atomic E-state index is 0.0825. The first-order valence-corrected chi connectivity index (χ1v) is 8.29. The number of nitrogens with two attached hydrogens (primary N) is 1. The van der Waals surface area contributed by atoms with E-state index < -0.39 is 0 Å². The summed E-state index contributed by atoms with van der Waals surface area (Å²) in [7, 11) is 1.65. The van der Waals surface area contributed by atoms with E-state index in [2.05, 4.69) is 38.5 Å². The van der Waals surface area contributed by atoms with Gasteiger partial charge in [0.25, 0.3) is 0 Å². The zero-order chi connectivity index (χ0) is 14.7. The average Bonchev–Trinajstić information content (AvgIpc) is 2.41. The third-order valence-corrected chi connectivity index (χ3v) is 4.87. The van der Waals surface area contributed by atoms with Crippen LogP contribution in [0.1, 0.15) is 17.2 Å². The molecule has 106 valence electrons. The molecule has 0 aliphatic rings. The molecule has 0 aliphatic heterocycles. The molecule has 0 aromatic heterocycles. The van der Waals surface area contributed by atoms with Crippen LogP contribution in [-0.4, -0.2) is 7.11 Å². The molecule has 2 aromatic rings. The van der Waals surface area contributed by atoms with Gasteiger partial charge in [-0.1, -0.05) is 17.7 Å². The van der Waals surface area contributed by atoms with Crippen molar-refractivity contribution in [2.75, 3.05) is 7.11 Å². The quantitative estimate of drug-likeness (QED) is 0.647. The number of benzene rings is 2. The normalized spacial score (nSPS) is 12.2. The van der Waals surface area contributed by atoms with Crippen LogP contribution in [0.25, 0.3) is 0 Å². The van der Waals surface area contributed by atoms with E-state index in [1.807, 2.05) is 36.4 Å². The lowest BCUT2D eigenvalue weighted by Crippen LogP contribution is -2.14. The van der Waals surface area contributed by atoms with Crippen LogP contribution >= 0.6 is 50.1 Å². The van der Waals surface area contributed by atoms with Crippen LogP contribution in [0.2, 0.25) is 5.02 Å². The van der Waals surface area contributed by atoms with Crippen LogP contribution < -0.4 is 10.5 Å². The molecule has 0 saturated heterocycles. The predicted octanol–water partition coefficient (Wildman–Crippen LogP) is 4.96. The third kappa shape index (κ3) is 3.87. The first-order chi connectivity index (χ1) is 9.51. The molecule has 0 bridgehead atoms. The summed E-state index contributed by atoms with van der Waals surface area (Å²) in [6.45, 7) is 0. The highest BCUT2D eigenvalue weighted by Crippen LogP contribution is 2.29. The fraction of sp³-hybridized carbons (Fsp3) is 0.200. The summed E-state index contributed by atoms with van der Waals surface area (Å²) in [5.74, 6) is 0.819. The number of methoxy groups -OCH3 is 1. The van der Waals surface area contributed by atoms with Crippen molar-refractivity contribution >= 4 is 50.1 Å². The molecule has 0 fully saturated rings. The molecular formula is C15H14BrClINO. The van der Waals surface area contributed by atoms with Crippen molar-refractivity contribution in [2.45, 2.75) is 12.5 Å². The Morgan fingerprint density at radius 1 is 1.30 bits per heavy atom. The van der Waals surface area contributed by atoms with Crippen molar-refractivity contribution in [3.05, 3.63) is 60.6 Å². The van der Waals surface area contributed by atoms with Crippen molar-refractivity contribution < 1.29 is 4.74 Å². The molecule has 0 radical (unpaired) electrons. The third-order valence-electron chi connectivity index (χ3n) is 3.03. The van der Waals surface area contributed by atoms with Gasteiger partial charge in [0.05, 0.1) is 11.6 Å². The maximum atomic E-state index is 6.31. The number of hydrogen-bond acceptors (Lipinski definition) is 2. The average molecular weight is 467 g/mol. The molecular weight excluding hydrogens is 452 g/mol. The maximum absolute atomic E-state index is 6.31. The highest BCUT2D eigenvalue weighted by Gasteiger charge is 2.12. The van der Waals surface area contributed by atoms with Gasteiger partial charge < -0.3 is 10.5 Å². The highest BCUT2D eigenvalue weighted by molar-refractivity contribution is 14.1. The van der Waals surface area contributed by atoms with Crippen LogP contribution in [0.4, 0.5) is 0 Å². The van der Waals surface area contributed by atoms with Gasteiger partial charge in [-0.25, -0.2) is 0 Å². The van der Waals surface area contributed by atoms with Crippen molar-refractivity contribution in [3.63, 3.8) is 0 Å². The van der Waals surface area contributed by atoms with E-state index in [0.29, 0.717) is 5.02 Å². The maximum Gasteiger partial charge on any atom is 0.133 e. The minimum atomic E-state index is -0.0825. The van der Waals surface area contributed by atoms with Crippen molar-refractivity contribution in [2.24, 2.45) is 5.73 Å². The highest BCUT2D eigenvalue weighted by atomic mass is 127. The van der Waals surface area contributed by atoms with Crippen LogP contribution in [0.3, 0.4) is 0 Å². The van der Waals surface area contributed by atoms with Gasteiger partial charge in [-0.3, -0.25) is 0 Å². The summed E-state index contributed by atoms with van der Waals surface area (Å²) in [6, 6.07) is 11.7. The van der Waals surface area contributed by atoms with Crippen LogP contribution in [0.15, 0.2) is 40.9 Å². The molecule has 1 unspecified atom stereocenters. The first-order valence-electron chi connectivity index (χ1n) is 6.04. The van der Waals surface area contributed by atoms with Crippen LogP contribution in [0.5, 0.6) is 5.75 Å². The predicted molar refractivity (Wildman–Crippen MR) is 95.5 cm³/mol. The number of rotatable bonds is 4. The summed E-state index contributed by atoms with van der Waals surface area (Å²) in [5, 5.41) is 0.715. The Kier molecular flexibility index (Phi) is 5.72. The molecule has 0 amide bonds. The summed E-state index contributed by atoms with van der Waals surface area (Å²) in [5.41, 5.74) is 8.54. The lowest BCUT2D eigenvalue weighted by Gasteiger charge is -2.15. The van der Waals surface area contributed by atoms with Crippen LogP contribution in [-0.2, 0) is 6.42 Å². The molecule has 0 aliphatic carbocycles. The van der Waals surface area contributed by atoms with Crippen LogP contribution in [0, 0.1) is 3.57 Å². The molecule has 2 N–H and O–H groups in total. The number of ether oxygens (including phenoxy) is 1. The van der Waals surface area contributed by atoms with Gasteiger partial charge in [-0.2, -0.15) is 0 Å². The summed E-state index contributed by atoms with van der Waals surface area (Å²) in [6.07, 6.45) is 0.749. The van der Waals surface area contributed by atoms with Gasteiger partial charge in [0.2, 0.25) is 0 Å². The Bertz CT molecular complexity index is 621. The first kappa shape index (κ1) is 16.1. The topological polar surface area (TPSA) is 35.2 Å². The van der Waals surface area contributed by atoms with Gasteiger partial charge in [0.1, 0.15) is 5.75 Å². The Hall–Kier alpha value is -0.300. The number of hydrogen-bond donors (Lipinski definition) is 1. The fourth-order valence-corrected chi connectivity index (χ4v) is 3.50. The van der Waals surface area contributed by atoms with E-state index in [-0.39, 0.29) is 6.04 Å². The number of halogens is 3. The standard InChI is InChI=1S/C15H14BrClINO/c1-20-15-5-2-9(6-12(15)16)7-14(19)11-8-10(17)3-4-13(11)18/h2-6,8,14H,7,19H2,1H3. The van der Waals surface area contributed by atoms with Gasteiger partial charge in [-0.15, -0.1) is 0 Å². The molecule has 20 heavy (non-hydrogen) atoms. The Balaban J connectivity index is 2.21. The van der Waals surface area contributed by atoms with Crippen molar-refractivity contribution in [1.82, 2.24) is 0 Å². The largest absolute Gasteiger partial charge is 0.496 e. The molecule has 5 heteroatoms. The molecule has 2 nitrogen and oxygen atoms in total. The van der Waals surface area contributed by atoms with Crippen molar-refractivity contribution in [3.8, 4) is 5.75 Å². The van der Waals surface area contributed by atoms with Crippen molar-refractivity contribution in [1.29, 1.82) is 0 Å². The molecule has 0 saturated carbocycles. The second kappa shape index (κ2) is 7.11. The fourth-order valence-electron chi connectivity index (χ4n) is 2.00. The van der Waals surface area contributed by atoms with E-state index in [4.69, 9.17) is 22.1 Å². The molecule has 0 spiro atoms. The molecule has 0 heterocycles. The molecule has 1 atom stereocenters. The SMILES string of the molecule is COc1ccc(CC(N)c2cc(Cl)ccc2I)cc1Br. The van der Waals surface area contributed by atoms with Gasteiger partial charge in [-0.05, 0) is 86.4 Å². The summed E-state index contributed by atoms with van der Waals surface area (Å²) >= 11 is 11.8. The summed E-state index contributed by atoms with van der Waals surface area (Å²) in [4.78, 5) is 0.